The summed E-state index contributed by atoms with van der Waals surface area (Å²) in [5, 5.41) is 4.31. The van der Waals surface area contributed by atoms with E-state index in [-0.39, 0.29) is 12.4 Å². The number of hydrogen-bond donors (Lipinski definition) is 1. The van der Waals surface area contributed by atoms with Crippen LogP contribution in [-0.2, 0) is 13.0 Å². The molecule has 1 aromatic heterocycles. The zero-order valence-electron chi connectivity index (χ0n) is 9.11. The van der Waals surface area contributed by atoms with E-state index in [1.165, 1.54) is 29.9 Å². The summed E-state index contributed by atoms with van der Waals surface area (Å²) in [7, 11) is 0. The maximum absolute atomic E-state index is 4.62. The molecule has 1 aliphatic heterocycles. The summed E-state index contributed by atoms with van der Waals surface area (Å²) in [5.41, 5.74) is 2.53. The van der Waals surface area contributed by atoms with E-state index in [2.05, 4.69) is 15.3 Å². The molecule has 0 bridgehead atoms. The third-order valence-corrected chi connectivity index (χ3v) is 4.02. The van der Waals surface area contributed by atoms with Gasteiger partial charge in [0, 0.05) is 37.0 Å². The second-order valence-corrected chi connectivity index (χ2v) is 5.29. The van der Waals surface area contributed by atoms with Crippen molar-refractivity contribution < 1.29 is 0 Å². The maximum atomic E-state index is 4.62. The summed E-state index contributed by atoms with van der Waals surface area (Å²) >= 11 is 1.82. The van der Waals surface area contributed by atoms with Crippen molar-refractivity contribution in [1.82, 2.24) is 15.3 Å². The van der Waals surface area contributed by atoms with Crippen LogP contribution < -0.4 is 5.32 Å². The van der Waals surface area contributed by atoms with Crippen molar-refractivity contribution in [2.45, 2.75) is 31.0 Å². The second kappa shape index (κ2) is 5.34. The Morgan fingerprint density at radius 2 is 2.31 bits per heavy atom. The van der Waals surface area contributed by atoms with Crippen LogP contribution in [0.2, 0.25) is 0 Å². The van der Waals surface area contributed by atoms with Gasteiger partial charge in [-0.05, 0) is 18.8 Å². The number of fused-ring (bicyclic) bond motifs is 1. The van der Waals surface area contributed by atoms with E-state index in [0.29, 0.717) is 0 Å². The van der Waals surface area contributed by atoms with Gasteiger partial charge in [0.15, 0.2) is 5.16 Å². The van der Waals surface area contributed by atoms with E-state index >= 15 is 0 Å². The van der Waals surface area contributed by atoms with Crippen molar-refractivity contribution in [2.24, 2.45) is 5.92 Å². The fraction of sp³-hybridized carbons (Fsp3) is 0.636. The van der Waals surface area contributed by atoms with Gasteiger partial charge in [-0.2, -0.15) is 0 Å². The number of nitrogens with one attached hydrogen (secondary N) is 1. The highest BCUT2D eigenvalue weighted by atomic mass is 35.5. The van der Waals surface area contributed by atoms with Crippen LogP contribution in [-0.4, -0.2) is 22.3 Å². The first kappa shape index (κ1) is 12.1. The minimum atomic E-state index is 0. The van der Waals surface area contributed by atoms with Gasteiger partial charge in [0.1, 0.15) is 0 Å². The fourth-order valence-corrected chi connectivity index (χ4v) is 2.78. The lowest BCUT2D eigenvalue weighted by Crippen LogP contribution is -2.24. The van der Waals surface area contributed by atoms with Crippen molar-refractivity contribution in [3.05, 3.63) is 17.5 Å². The molecule has 1 saturated carbocycles. The Hall–Kier alpha value is -0.320. The quantitative estimate of drug-likeness (QED) is 0.664. The van der Waals surface area contributed by atoms with Gasteiger partial charge in [-0.15, -0.1) is 12.4 Å². The number of hydrogen-bond acceptors (Lipinski definition) is 4. The topological polar surface area (TPSA) is 37.8 Å². The molecule has 1 N–H and O–H groups in total. The summed E-state index contributed by atoms with van der Waals surface area (Å²) in [6.07, 6.45) is 5.85. The van der Waals surface area contributed by atoms with E-state index in [4.69, 9.17) is 0 Å². The van der Waals surface area contributed by atoms with E-state index in [0.717, 1.165) is 30.6 Å². The molecule has 1 fully saturated rings. The van der Waals surface area contributed by atoms with E-state index < -0.39 is 0 Å². The van der Waals surface area contributed by atoms with Gasteiger partial charge < -0.3 is 5.32 Å². The zero-order chi connectivity index (χ0) is 10.1. The van der Waals surface area contributed by atoms with Crippen molar-refractivity contribution in [2.75, 3.05) is 12.3 Å². The molecule has 3 rings (SSSR count). The lowest BCUT2D eigenvalue weighted by Gasteiger charge is -2.15. The first-order valence-corrected chi connectivity index (χ1v) is 6.59. The molecular formula is C11H16ClN3S. The van der Waals surface area contributed by atoms with Gasteiger partial charge in [-0.3, -0.25) is 0 Å². The summed E-state index contributed by atoms with van der Waals surface area (Å²) in [4.78, 5) is 9.03. The van der Waals surface area contributed by atoms with Crippen molar-refractivity contribution >= 4 is 24.2 Å². The highest BCUT2D eigenvalue weighted by molar-refractivity contribution is 7.99. The largest absolute Gasteiger partial charge is 0.312 e. The van der Waals surface area contributed by atoms with E-state index in [9.17, 15) is 0 Å². The number of aromatic nitrogens is 2. The molecule has 3 nitrogen and oxygen atoms in total. The monoisotopic (exact) mass is 257 g/mol. The number of rotatable bonds is 3. The highest BCUT2D eigenvalue weighted by Crippen LogP contribution is 2.34. The summed E-state index contributed by atoms with van der Waals surface area (Å²) in [6, 6.07) is 0. The molecule has 0 unspecified atom stereocenters. The minimum absolute atomic E-state index is 0. The van der Waals surface area contributed by atoms with Crippen LogP contribution in [0.15, 0.2) is 11.4 Å². The molecular weight excluding hydrogens is 242 g/mol. The smallest absolute Gasteiger partial charge is 0.187 e. The Balaban J connectivity index is 0.000000963. The van der Waals surface area contributed by atoms with E-state index in [1.807, 2.05) is 18.0 Å². The molecule has 16 heavy (non-hydrogen) atoms. The third kappa shape index (κ3) is 2.87. The molecule has 1 aliphatic carbocycles. The van der Waals surface area contributed by atoms with Gasteiger partial charge >= 0.3 is 0 Å². The molecule has 0 atom stereocenters. The van der Waals surface area contributed by atoms with Crippen LogP contribution in [0.1, 0.15) is 24.1 Å². The second-order valence-electron chi connectivity index (χ2n) is 4.31. The van der Waals surface area contributed by atoms with Gasteiger partial charge in [0.25, 0.3) is 0 Å². The van der Waals surface area contributed by atoms with Crippen LogP contribution in [0.25, 0.3) is 0 Å². The van der Waals surface area contributed by atoms with Gasteiger partial charge in [-0.25, -0.2) is 9.97 Å². The van der Waals surface area contributed by atoms with Crippen LogP contribution in [0.3, 0.4) is 0 Å². The average Bonchev–Trinajstić information content (AvgIpc) is 3.10. The number of halogens is 1. The normalized spacial score (nSPS) is 18.8. The Bertz CT molecular complexity index is 368. The molecule has 2 aliphatic rings. The molecule has 1 aromatic rings. The number of nitrogens with zero attached hydrogens (tertiary/aromatic N) is 2. The van der Waals surface area contributed by atoms with Crippen LogP contribution in [0.5, 0.6) is 0 Å². The molecule has 0 radical (unpaired) electrons. The molecule has 88 valence electrons. The minimum Gasteiger partial charge on any atom is -0.312 e. The van der Waals surface area contributed by atoms with Crippen molar-refractivity contribution in [3.8, 4) is 0 Å². The summed E-state index contributed by atoms with van der Waals surface area (Å²) < 4.78 is 0. The maximum Gasteiger partial charge on any atom is 0.187 e. The summed E-state index contributed by atoms with van der Waals surface area (Å²) in [6.45, 7) is 1.99. The van der Waals surface area contributed by atoms with Crippen LogP contribution in [0.4, 0.5) is 0 Å². The molecule has 0 spiro atoms. The lowest BCUT2D eigenvalue weighted by molar-refractivity contribution is 0.616. The summed E-state index contributed by atoms with van der Waals surface area (Å²) in [5.74, 6) is 2.15. The Morgan fingerprint density at radius 1 is 1.44 bits per heavy atom. The van der Waals surface area contributed by atoms with Gasteiger partial charge in [0.05, 0.1) is 5.69 Å². The molecule has 0 aromatic carbocycles. The van der Waals surface area contributed by atoms with Crippen molar-refractivity contribution in [3.63, 3.8) is 0 Å². The van der Waals surface area contributed by atoms with E-state index in [1.54, 1.807) is 0 Å². The number of thioether (sulfide) groups is 1. The van der Waals surface area contributed by atoms with Crippen LogP contribution >= 0.6 is 24.2 Å². The van der Waals surface area contributed by atoms with Gasteiger partial charge in [0.2, 0.25) is 0 Å². The molecule has 0 saturated heterocycles. The SMILES string of the molecule is Cl.c1nc(SCC2CC2)nc2c1CNCC2. The lowest BCUT2D eigenvalue weighted by atomic mass is 10.1. The van der Waals surface area contributed by atoms with Crippen molar-refractivity contribution in [1.29, 1.82) is 0 Å². The standard InChI is InChI=1S/C11H15N3S.ClH/c1-2-8(1)7-15-11-13-6-9-5-12-4-3-10(9)14-11;/h6,8,12H,1-5,7H2;1H. The average molecular weight is 258 g/mol. The molecule has 0 amide bonds. The zero-order valence-corrected chi connectivity index (χ0v) is 10.7. The Labute approximate surface area is 106 Å². The predicted octanol–water partition coefficient (Wildman–Crippen LogP) is 2.05. The van der Waals surface area contributed by atoms with Crippen LogP contribution in [0, 0.1) is 5.92 Å². The first-order chi connectivity index (χ1) is 7.42. The first-order valence-electron chi connectivity index (χ1n) is 5.60. The molecule has 2 heterocycles. The predicted molar refractivity (Wildman–Crippen MR) is 68.1 cm³/mol. The Kier molecular flexibility index (Phi) is 4.05. The molecule has 5 heteroatoms. The van der Waals surface area contributed by atoms with Gasteiger partial charge in [-0.1, -0.05) is 11.8 Å². The Morgan fingerprint density at radius 3 is 3.12 bits per heavy atom. The third-order valence-electron chi connectivity index (χ3n) is 2.93. The fourth-order valence-electron chi connectivity index (χ4n) is 1.76. The highest BCUT2D eigenvalue weighted by Gasteiger charge is 2.22.